The molecule has 6 nitrogen and oxygen atoms in total. The molecule has 0 aliphatic carbocycles. The number of aryl methyl sites for hydroxylation is 1. The van der Waals surface area contributed by atoms with E-state index >= 15 is 0 Å². The number of likely N-dealkylation sites (tertiary alicyclic amines) is 1. The number of rotatable bonds is 5. The van der Waals surface area contributed by atoms with Gasteiger partial charge < -0.3 is 13.9 Å². The van der Waals surface area contributed by atoms with Crippen molar-refractivity contribution in [2.24, 2.45) is 5.92 Å². The topological polar surface area (TPSA) is 64.2 Å². The van der Waals surface area contributed by atoms with Gasteiger partial charge in [0, 0.05) is 49.5 Å². The molecule has 3 aromatic rings. The first-order valence-electron chi connectivity index (χ1n) is 9.46. The lowest BCUT2D eigenvalue weighted by Gasteiger charge is -2.32. The summed E-state index contributed by atoms with van der Waals surface area (Å²) < 4.78 is 7.32. The van der Waals surface area contributed by atoms with Gasteiger partial charge >= 0.3 is 0 Å². The molecule has 0 N–H and O–H groups in total. The maximum absolute atomic E-state index is 12.4. The summed E-state index contributed by atoms with van der Waals surface area (Å²) in [6.07, 6.45) is 11.8. The molecule has 4 heterocycles. The van der Waals surface area contributed by atoms with Crippen LogP contribution in [0.4, 0.5) is 0 Å². The Morgan fingerprint density at radius 1 is 1.22 bits per heavy atom. The highest BCUT2D eigenvalue weighted by atomic mass is 16.3. The Labute approximate surface area is 158 Å². The first-order valence-corrected chi connectivity index (χ1v) is 9.46. The van der Waals surface area contributed by atoms with Crippen LogP contribution in [0, 0.1) is 12.8 Å². The van der Waals surface area contributed by atoms with Crippen molar-refractivity contribution in [1.82, 2.24) is 19.4 Å². The van der Waals surface area contributed by atoms with Crippen molar-refractivity contribution in [3.05, 3.63) is 60.6 Å². The number of hydrogen-bond acceptors (Lipinski definition) is 4. The maximum Gasteiger partial charge on any atom is 0.257 e. The summed E-state index contributed by atoms with van der Waals surface area (Å²) in [6.45, 7) is 4.68. The van der Waals surface area contributed by atoms with Gasteiger partial charge in [-0.25, -0.2) is 4.98 Å². The summed E-state index contributed by atoms with van der Waals surface area (Å²) in [5.74, 6) is 1.71. The normalized spacial score (nSPS) is 15.2. The van der Waals surface area contributed by atoms with E-state index in [1.54, 1.807) is 24.7 Å². The van der Waals surface area contributed by atoms with E-state index in [9.17, 15) is 4.79 Å². The highest BCUT2D eigenvalue weighted by Gasteiger charge is 2.24. The fourth-order valence-electron chi connectivity index (χ4n) is 3.78. The Morgan fingerprint density at radius 2 is 2.00 bits per heavy atom. The molecule has 1 fully saturated rings. The van der Waals surface area contributed by atoms with Gasteiger partial charge in [-0.3, -0.25) is 9.78 Å². The van der Waals surface area contributed by atoms with E-state index in [0.717, 1.165) is 50.3 Å². The number of imidazole rings is 1. The van der Waals surface area contributed by atoms with Gasteiger partial charge in [0.1, 0.15) is 12.1 Å². The van der Waals surface area contributed by atoms with Crippen molar-refractivity contribution in [1.29, 1.82) is 0 Å². The molecule has 1 aliphatic heterocycles. The van der Waals surface area contributed by atoms with Gasteiger partial charge in [-0.05, 0) is 50.3 Å². The van der Waals surface area contributed by atoms with Crippen LogP contribution in [-0.4, -0.2) is 38.4 Å². The monoisotopic (exact) mass is 364 g/mol. The van der Waals surface area contributed by atoms with Gasteiger partial charge in [-0.15, -0.1) is 0 Å². The van der Waals surface area contributed by atoms with Gasteiger partial charge in [-0.1, -0.05) is 0 Å². The highest BCUT2D eigenvalue weighted by molar-refractivity contribution is 5.93. The summed E-state index contributed by atoms with van der Waals surface area (Å²) in [6, 6.07) is 5.73. The molecule has 1 amide bonds. The number of nitrogens with zero attached hydrogens (tertiary/aromatic N) is 4. The molecule has 27 heavy (non-hydrogen) atoms. The van der Waals surface area contributed by atoms with Crippen LogP contribution < -0.4 is 0 Å². The van der Waals surface area contributed by atoms with Crippen LogP contribution in [0.15, 0.2) is 53.7 Å². The quantitative estimate of drug-likeness (QED) is 0.691. The number of hydrogen-bond donors (Lipinski definition) is 0. The van der Waals surface area contributed by atoms with E-state index in [2.05, 4.69) is 21.5 Å². The summed E-state index contributed by atoms with van der Waals surface area (Å²) in [5.41, 5.74) is 2.91. The lowest BCUT2D eigenvalue weighted by Crippen LogP contribution is -2.38. The Kier molecular flexibility index (Phi) is 5.05. The summed E-state index contributed by atoms with van der Waals surface area (Å²) in [4.78, 5) is 23.0. The number of aromatic nitrogens is 3. The number of carbonyl (C=O) groups excluding carboxylic acids is 1. The van der Waals surface area contributed by atoms with Crippen LogP contribution in [0.25, 0.3) is 11.4 Å². The maximum atomic E-state index is 12.4. The fraction of sp³-hybridized carbons (Fsp3) is 0.381. The Balaban J connectivity index is 1.35. The predicted octanol–water partition coefficient (Wildman–Crippen LogP) is 3.79. The fourth-order valence-corrected chi connectivity index (χ4v) is 3.78. The third-order valence-corrected chi connectivity index (χ3v) is 5.42. The summed E-state index contributed by atoms with van der Waals surface area (Å²) >= 11 is 0. The third-order valence-electron chi connectivity index (χ3n) is 5.42. The van der Waals surface area contributed by atoms with Crippen LogP contribution in [0.2, 0.25) is 0 Å². The molecule has 0 bridgehead atoms. The van der Waals surface area contributed by atoms with Crippen molar-refractivity contribution >= 4 is 5.91 Å². The molecule has 0 unspecified atom stereocenters. The van der Waals surface area contributed by atoms with E-state index < -0.39 is 0 Å². The zero-order valence-electron chi connectivity index (χ0n) is 15.5. The zero-order chi connectivity index (χ0) is 18.6. The smallest absolute Gasteiger partial charge is 0.257 e. The number of carbonyl (C=O) groups is 1. The molecule has 0 spiro atoms. The molecular formula is C21H24N4O2. The lowest BCUT2D eigenvalue weighted by atomic mass is 9.93. The van der Waals surface area contributed by atoms with Crippen molar-refractivity contribution in [2.45, 2.75) is 32.7 Å². The summed E-state index contributed by atoms with van der Waals surface area (Å²) in [5, 5.41) is 0. The van der Waals surface area contributed by atoms with E-state index in [4.69, 9.17) is 4.42 Å². The van der Waals surface area contributed by atoms with E-state index in [1.807, 2.05) is 23.2 Å². The Hall–Kier alpha value is -2.89. The van der Waals surface area contributed by atoms with Crippen molar-refractivity contribution in [3.63, 3.8) is 0 Å². The molecular weight excluding hydrogens is 340 g/mol. The Bertz CT molecular complexity index is 878. The van der Waals surface area contributed by atoms with Crippen molar-refractivity contribution in [2.75, 3.05) is 13.1 Å². The van der Waals surface area contributed by atoms with Crippen LogP contribution in [-0.2, 0) is 6.54 Å². The van der Waals surface area contributed by atoms with Crippen molar-refractivity contribution in [3.8, 4) is 11.4 Å². The van der Waals surface area contributed by atoms with Crippen LogP contribution >= 0.6 is 0 Å². The molecule has 0 aromatic carbocycles. The van der Waals surface area contributed by atoms with Crippen LogP contribution in [0.5, 0.6) is 0 Å². The SMILES string of the molecule is Cc1cnc(-c2ccncc2)n1CCC1CCN(C(=O)c2ccoc2)CC1. The first kappa shape index (κ1) is 17.5. The van der Waals surface area contributed by atoms with Gasteiger partial charge in [0.15, 0.2) is 0 Å². The van der Waals surface area contributed by atoms with E-state index in [1.165, 1.54) is 12.0 Å². The first-order chi connectivity index (χ1) is 13.2. The van der Waals surface area contributed by atoms with Gasteiger partial charge in [-0.2, -0.15) is 0 Å². The second kappa shape index (κ2) is 7.78. The average Bonchev–Trinajstić information content (AvgIpc) is 3.37. The minimum absolute atomic E-state index is 0.0765. The molecule has 1 aliphatic rings. The van der Waals surface area contributed by atoms with E-state index in [0.29, 0.717) is 11.5 Å². The standard InChI is InChI=1S/C21H24N4O2/c1-16-14-23-20(18-2-8-22-9-3-18)25(16)12-6-17-4-10-24(11-5-17)21(26)19-7-13-27-15-19/h2-3,7-9,13-15,17H,4-6,10-12H2,1H3. The molecule has 0 atom stereocenters. The van der Waals surface area contributed by atoms with Crippen molar-refractivity contribution < 1.29 is 9.21 Å². The van der Waals surface area contributed by atoms with E-state index in [-0.39, 0.29) is 5.91 Å². The van der Waals surface area contributed by atoms with Crippen LogP contribution in [0.3, 0.4) is 0 Å². The zero-order valence-corrected chi connectivity index (χ0v) is 15.5. The summed E-state index contributed by atoms with van der Waals surface area (Å²) in [7, 11) is 0. The number of piperidine rings is 1. The molecule has 0 radical (unpaired) electrons. The average molecular weight is 364 g/mol. The lowest BCUT2D eigenvalue weighted by molar-refractivity contribution is 0.0684. The second-order valence-electron chi connectivity index (χ2n) is 7.15. The molecule has 1 saturated heterocycles. The van der Waals surface area contributed by atoms with Gasteiger partial charge in [0.05, 0.1) is 11.8 Å². The third kappa shape index (κ3) is 3.79. The predicted molar refractivity (Wildman–Crippen MR) is 102 cm³/mol. The largest absolute Gasteiger partial charge is 0.472 e. The minimum Gasteiger partial charge on any atom is -0.472 e. The molecule has 6 heteroatoms. The molecule has 4 rings (SSSR count). The number of amides is 1. The number of furan rings is 1. The minimum atomic E-state index is 0.0765. The molecule has 140 valence electrons. The second-order valence-corrected chi connectivity index (χ2v) is 7.15. The highest BCUT2D eigenvalue weighted by Crippen LogP contribution is 2.25. The molecule has 0 saturated carbocycles. The molecule has 3 aromatic heterocycles. The Morgan fingerprint density at radius 3 is 2.70 bits per heavy atom. The van der Waals surface area contributed by atoms with Gasteiger partial charge in [0.2, 0.25) is 0 Å². The van der Waals surface area contributed by atoms with Gasteiger partial charge in [0.25, 0.3) is 5.91 Å². The van der Waals surface area contributed by atoms with Crippen LogP contribution in [0.1, 0.15) is 35.3 Å². The number of pyridine rings is 1.